The molecule has 4 aromatic rings. The van der Waals surface area contributed by atoms with Crippen LogP contribution < -0.4 is 16.0 Å². The standard InChI is InChI=1S/C33H38ClN7O3/c1-33(2,3)44-32(43)35-16-6-9-29(42)38-23-12-10-22(11-13-23)21-41-17-14-24(15-18-41)39-31-37-20-27(34)30(40-31)26-19-36-28-8-5-4-7-25(26)28/h4-13,19-20,24,36H,14-18,21H2,1-3H3,(H,35,43)(H,38,42)(H,37,39,40). The molecule has 10 nitrogen and oxygen atoms in total. The molecule has 0 bridgehead atoms. The van der Waals surface area contributed by atoms with Crippen molar-refractivity contribution >= 4 is 46.1 Å². The third kappa shape index (κ3) is 8.58. The van der Waals surface area contributed by atoms with E-state index >= 15 is 0 Å². The molecule has 0 radical (unpaired) electrons. The van der Waals surface area contributed by atoms with Crippen molar-refractivity contribution in [2.45, 2.75) is 51.8 Å². The monoisotopic (exact) mass is 615 g/mol. The first kappa shape index (κ1) is 31.0. The first-order valence-corrected chi connectivity index (χ1v) is 15.1. The molecule has 0 spiro atoms. The molecule has 0 atom stereocenters. The van der Waals surface area contributed by atoms with Gasteiger partial charge in [-0.2, -0.15) is 0 Å². The Kier molecular flexibility index (Phi) is 9.82. The number of nitrogens with one attached hydrogen (secondary N) is 4. The molecule has 1 aliphatic rings. The van der Waals surface area contributed by atoms with Crippen LogP contribution in [-0.4, -0.2) is 63.1 Å². The molecule has 5 rings (SSSR count). The van der Waals surface area contributed by atoms with Crippen LogP contribution in [0, 0.1) is 0 Å². The number of halogens is 1. The number of carbonyl (C=O) groups is 2. The van der Waals surface area contributed by atoms with Crippen LogP contribution in [0.25, 0.3) is 22.2 Å². The predicted octanol–water partition coefficient (Wildman–Crippen LogP) is 6.37. The van der Waals surface area contributed by atoms with Crippen molar-refractivity contribution < 1.29 is 14.3 Å². The number of piperidine rings is 1. The van der Waals surface area contributed by atoms with E-state index < -0.39 is 11.7 Å². The summed E-state index contributed by atoms with van der Waals surface area (Å²) in [6.45, 7) is 8.31. The van der Waals surface area contributed by atoms with E-state index in [0.29, 0.717) is 22.4 Å². The molecule has 3 heterocycles. The second-order valence-corrected chi connectivity index (χ2v) is 12.2. The Labute approximate surface area is 262 Å². The molecule has 0 unspecified atom stereocenters. The molecule has 0 aliphatic carbocycles. The number of fused-ring (bicyclic) bond motifs is 1. The van der Waals surface area contributed by atoms with Crippen LogP contribution in [0.1, 0.15) is 39.2 Å². The van der Waals surface area contributed by atoms with Crippen molar-refractivity contribution in [1.29, 1.82) is 0 Å². The van der Waals surface area contributed by atoms with E-state index in [1.54, 1.807) is 33.0 Å². The van der Waals surface area contributed by atoms with Gasteiger partial charge in [0.15, 0.2) is 0 Å². The van der Waals surface area contributed by atoms with E-state index in [9.17, 15) is 9.59 Å². The number of para-hydroxylation sites is 1. The summed E-state index contributed by atoms with van der Waals surface area (Å²) in [5.74, 6) is 0.316. The lowest BCUT2D eigenvalue weighted by Crippen LogP contribution is -2.39. The number of hydrogen-bond acceptors (Lipinski definition) is 7. The maximum atomic E-state index is 12.2. The fraction of sp³-hybridized carbons (Fsp3) is 0.333. The maximum Gasteiger partial charge on any atom is 0.407 e. The quantitative estimate of drug-likeness (QED) is 0.161. The number of aromatic nitrogens is 3. The summed E-state index contributed by atoms with van der Waals surface area (Å²) in [7, 11) is 0. The van der Waals surface area contributed by atoms with Crippen LogP contribution in [-0.2, 0) is 16.1 Å². The Hall–Kier alpha value is -4.41. The number of carbonyl (C=O) groups excluding carboxylic acids is 2. The zero-order valence-electron chi connectivity index (χ0n) is 25.2. The number of likely N-dealkylation sites (tertiary alicyclic amines) is 1. The summed E-state index contributed by atoms with van der Waals surface area (Å²) in [4.78, 5) is 38.8. The minimum atomic E-state index is -0.566. The van der Waals surface area contributed by atoms with Gasteiger partial charge in [0, 0.05) is 66.6 Å². The fourth-order valence-electron chi connectivity index (χ4n) is 5.07. The average Bonchev–Trinajstić information content (AvgIpc) is 3.41. The van der Waals surface area contributed by atoms with Crippen LogP contribution in [0.2, 0.25) is 5.02 Å². The highest BCUT2D eigenvalue weighted by Gasteiger charge is 2.21. The topological polar surface area (TPSA) is 124 Å². The van der Waals surface area contributed by atoms with Crippen LogP contribution in [0.4, 0.5) is 16.4 Å². The number of nitrogens with zero attached hydrogens (tertiary/aromatic N) is 3. The third-order valence-corrected chi connectivity index (χ3v) is 7.45. The van der Waals surface area contributed by atoms with Crippen molar-refractivity contribution in [3.63, 3.8) is 0 Å². The van der Waals surface area contributed by atoms with Gasteiger partial charge < -0.3 is 25.7 Å². The van der Waals surface area contributed by atoms with Crippen LogP contribution in [0.3, 0.4) is 0 Å². The van der Waals surface area contributed by atoms with Crippen LogP contribution in [0.15, 0.2) is 73.1 Å². The molecule has 1 aliphatic heterocycles. The normalized spacial score (nSPS) is 14.5. The van der Waals surface area contributed by atoms with Gasteiger partial charge in [0.2, 0.25) is 11.9 Å². The molecule has 2 aromatic carbocycles. The zero-order chi connectivity index (χ0) is 31.1. The number of aromatic amines is 1. The minimum absolute atomic E-state index is 0.201. The lowest BCUT2D eigenvalue weighted by Gasteiger charge is -2.32. The van der Waals surface area contributed by atoms with Crippen molar-refractivity contribution in [3.8, 4) is 11.3 Å². The molecular formula is C33H38ClN7O3. The van der Waals surface area contributed by atoms with Gasteiger partial charge in [-0.15, -0.1) is 0 Å². The van der Waals surface area contributed by atoms with Crippen molar-refractivity contribution in [1.82, 2.24) is 25.2 Å². The molecule has 11 heteroatoms. The molecule has 1 fully saturated rings. The Morgan fingerprint density at radius 3 is 2.61 bits per heavy atom. The molecule has 2 amide bonds. The number of benzene rings is 2. The van der Waals surface area contributed by atoms with Crippen molar-refractivity contribution in [2.24, 2.45) is 0 Å². The summed E-state index contributed by atoms with van der Waals surface area (Å²) in [5.41, 5.74) is 4.03. The highest BCUT2D eigenvalue weighted by molar-refractivity contribution is 6.33. The zero-order valence-corrected chi connectivity index (χ0v) is 25.9. The number of ether oxygens (including phenoxy) is 1. The number of alkyl carbamates (subject to hydrolysis) is 1. The summed E-state index contributed by atoms with van der Waals surface area (Å²) in [6.07, 6.45) is 7.98. The SMILES string of the molecule is CC(C)(C)OC(=O)NCC=CC(=O)Nc1ccc(CN2CCC(Nc3ncc(Cl)c(-c4c[nH]c5ccccc45)n3)CC2)cc1. The molecule has 4 N–H and O–H groups in total. The van der Waals surface area contributed by atoms with E-state index in [1.807, 2.05) is 48.7 Å². The molecular weight excluding hydrogens is 578 g/mol. The Morgan fingerprint density at radius 2 is 1.86 bits per heavy atom. The first-order valence-electron chi connectivity index (χ1n) is 14.7. The lowest BCUT2D eigenvalue weighted by molar-refractivity contribution is -0.111. The van der Waals surface area contributed by atoms with Gasteiger partial charge in [-0.25, -0.2) is 14.8 Å². The van der Waals surface area contributed by atoms with Gasteiger partial charge in [-0.3, -0.25) is 9.69 Å². The highest BCUT2D eigenvalue weighted by atomic mass is 35.5. The number of hydrogen-bond donors (Lipinski definition) is 4. The summed E-state index contributed by atoms with van der Waals surface area (Å²) in [6, 6.07) is 16.2. The van der Waals surface area contributed by atoms with Gasteiger partial charge in [0.1, 0.15) is 5.60 Å². The van der Waals surface area contributed by atoms with E-state index in [0.717, 1.165) is 48.9 Å². The average molecular weight is 616 g/mol. The first-order chi connectivity index (χ1) is 21.1. The van der Waals surface area contributed by atoms with E-state index in [1.165, 1.54) is 11.6 Å². The van der Waals surface area contributed by atoms with Crippen LogP contribution >= 0.6 is 11.6 Å². The Morgan fingerprint density at radius 1 is 1.11 bits per heavy atom. The fourth-order valence-corrected chi connectivity index (χ4v) is 5.26. The highest BCUT2D eigenvalue weighted by Crippen LogP contribution is 2.32. The number of rotatable bonds is 9. The minimum Gasteiger partial charge on any atom is -0.444 e. The predicted molar refractivity (Wildman–Crippen MR) is 175 cm³/mol. The number of H-pyrrole nitrogens is 1. The maximum absolute atomic E-state index is 12.2. The molecule has 1 saturated heterocycles. The van der Waals surface area contributed by atoms with Gasteiger partial charge in [0.05, 0.1) is 16.9 Å². The smallest absolute Gasteiger partial charge is 0.407 e. The third-order valence-electron chi connectivity index (χ3n) is 7.17. The second kappa shape index (κ2) is 13.9. The van der Waals surface area contributed by atoms with Crippen molar-refractivity contribution in [2.75, 3.05) is 30.3 Å². The Bertz CT molecular complexity index is 1620. The summed E-state index contributed by atoms with van der Waals surface area (Å²) >= 11 is 6.50. The summed E-state index contributed by atoms with van der Waals surface area (Å²) in [5, 5.41) is 10.5. The molecule has 2 aromatic heterocycles. The largest absolute Gasteiger partial charge is 0.444 e. The number of anilines is 2. The molecule has 0 saturated carbocycles. The van der Waals surface area contributed by atoms with Crippen LogP contribution in [0.5, 0.6) is 0 Å². The van der Waals surface area contributed by atoms with Crippen molar-refractivity contribution in [3.05, 3.63) is 83.7 Å². The van der Waals surface area contributed by atoms with Gasteiger partial charge >= 0.3 is 6.09 Å². The molecule has 230 valence electrons. The summed E-state index contributed by atoms with van der Waals surface area (Å²) < 4.78 is 5.16. The molecule has 44 heavy (non-hydrogen) atoms. The van der Waals surface area contributed by atoms with Gasteiger partial charge in [-0.1, -0.05) is 48.0 Å². The second-order valence-electron chi connectivity index (χ2n) is 11.8. The van der Waals surface area contributed by atoms with Gasteiger partial charge in [-0.05, 0) is 57.4 Å². The lowest BCUT2D eigenvalue weighted by atomic mass is 10.0. The van der Waals surface area contributed by atoms with E-state index in [2.05, 4.69) is 36.9 Å². The number of amides is 2. The van der Waals surface area contributed by atoms with Gasteiger partial charge in [0.25, 0.3) is 0 Å². The van der Waals surface area contributed by atoms with E-state index in [4.69, 9.17) is 21.3 Å². The Balaban J connectivity index is 1.06. The van der Waals surface area contributed by atoms with E-state index in [-0.39, 0.29) is 18.5 Å².